The summed E-state index contributed by atoms with van der Waals surface area (Å²) in [5.41, 5.74) is 0. The highest BCUT2D eigenvalue weighted by Crippen LogP contribution is 2.26. The van der Waals surface area contributed by atoms with Crippen molar-refractivity contribution in [1.82, 2.24) is 5.32 Å². The maximum atomic E-state index is 3.62. The van der Waals surface area contributed by atoms with Crippen LogP contribution in [0.25, 0.3) is 0 Å². The number of likely N-dealkylation sites (N-methyl/N-ethyl adjacent to an activating group) is 1. The van der Waals surface area contributed by atoms with E-state index in [0.29, 0.717) is 6.04 Å². The van der Waals surface area contributed by atoms with Crippen molar-refractivity contribution < 1.29 is 0 Å². The Bertz CT molecular complexity index is 525. The molecule has 0 aliphatic heterocycles. The van der Waals surface area contributed by atoms with Crippen molar-refractivity contribution in [2.45, 2.75) is 24.3 Å². The maximum Gasteiger partial charge on any atom is 0.0314 e. The molecule has 1 nitrogen and oxygen atoms in total. The summed E-state index contributed by atoms with van der Waals surface area (Å²) in [6, 6.07) is 11.2. The smallest absolute Gasteiger partial charge is 0.0314 e. The first-order valence-corrected chi connectivity index (χ1v) is 9.97. The van der Waals surface area contributed by atoms with Crippen LogP contribution >= 0.6 is 55.0 Å². The average Bonchev–Trinajstić information content (AvgIpc) is 2.84. The standard InChI is InChI=1S/C15H17Br2NS2/c1-2-18-12(9-15-14(17)7-8-19-15)10-20-13-5-3-11(16)4-6-13/h3-8,12,18H,2,9-10H2,1H3. The van der Waals surface area contributed by atoms with Gasteiger partial charge in [0, 0.05) is 30.5 Å². The zero-order valence-electron chi connectivity index (χ0n) is 11.2. The van der Waals surface area contributed by atoms with Gasteiger partial charge < -0.3 is 5.32 Å². The Balaban J connectivity index is 1.92. The van der Waals surface area contributed by atoms with E-state index in [0.717, 1.165) is 23.2 Å². The predicted molar refractivity (Wildman–Crippen MR) is 98.1 cm³/mol. The summed E-state index contributed by atoms with van der Waals surface area (Å²) in [6.45, 7) is 3.18. The summed E-state index contributed by atoms with van der Waals surface area (Å²) in [4.78, 5) is 2.74. The average molecular weight is 435 g/mol. The molecular formula is C15H17Br2NS2. The Kier molecular flexibility index (Phi) is 7.11. The van der Waals surface area contributed by atoms with E-state index in [4.69, 9.17) is 0 Å². The molecule has 0 saturated heterocycles. The van der Waals surface area contributed by atoms with Gasteiger partial charge in [-0.3, -0.25) is 0 Å². The molecule has 1 N–H and O–H groups in total. The summed E-state index contributed by atoms with van der Waals surface area (Å²) in [7, 11) is 0. The third kappa shape index (κ3) is 5.19. The molecule has 1 aromatic carbocycles. The number of hydrogen-bond acceptors (Lipinski definition) is 3. The van der Waals surface area contributed by atoms with Gasteiger partial charge in [-0.15, -0.1) is 23.1 Å². The quantitative estimate of drug-likeness (QED) is 0.570. The first-order valence-electron chi connectivity index (χ1n) is 6.52. The first-order chi connectivity index (χ1) is 9.69. The fraction of sp³-hybridized carbons (Fsp3) is 0.333. The molecule has 108 valence electrons. The van der Waals surface area contributed by atoms with Crippen LogP contribution in [0.5, 0.6) is 0 Å². The van der Waals surface area contributed by atoms with Gasteiger partial charge in [-0.1, -0.05) is 22.9 Å². The molecule has 5 heteroatoms. The van der Waals surface area contributed by atoms with Crippen LogP contribution in [-0.4, -0.2) is 18.3 Å². The Morgan fingerprint density at radius 3 is 2.55 bits per heavy atom. The minimum Gasteiger partial charge on any atom is -0.313 e. The molecule has 0 aliphatic rings. The monoisotopic (exact) mass is 433 g/mol. The van der Waals surface area contributed by atoms with Gasteiger partial charge in [0.2, 0.25) is 0 Å². The maximum absolute atomic E-state index is 3.62. The molecule has 0 saturated carbocycles. The van der Waals surface area contributed by atoms with Gasteiger partial charge >= 0.3 is 0 Å². The largest absolute Gasteiger partial charge is 0.313 e. The van der Waals surface area contributed by atoms with Crippen LogP contribution in [0.4, 0.5) is 0 Å². The fourth-order valence-corrected chi connectivity index (χ4v) is 4.72. The van der Waals surface area contributed by atoms with E-state index < -0.39 is 0 Å². The lowest BCUT2D eigenvalue weighted by molar-refractivity contribution is 0.575. The van der Waals surface area contributed by atoms with Crippen LogP contribution in [0.1, 0.15) is 11.8 Å². The molecule has 1 unspecified atom stereocenters. The van der Waals surface area contributed by atoms with Crippen LogP contribution < -0.4 is 5.32 Å². The molecule has 1 atom stereocenters. The Morgan fingerprint density at radius 2 is 1.95 bits per heavy atom. The summed E-state index contributed by atoms with van der Waals surface area (Å²) in [5, 5.41) is 5.73. The topological polar surface area (TPSA) is 12.0 Å². The minimum absolute atomic E-state index is 0.503. The normalized spacial score (nSPS) is 12.6. The van der Waals surface area contributed by atoms with Crippen molar-refractivity contribution in [1.29, 1.82) is 0 Å². The van der Waals surface area contributed by atoms with Gasteiger partial charge in [0.25, 0.3) is 0 Å². The Hall–Kier alpha value is 0.190. The van der Waals surface area contributed by atoms with Crippen molar-refractivity contribution in [2.24, 2.45) is 0 Å². The minimum atomic E-state index is 0.503. The van der Waals surface area contributed by atoms with Crippen LogP contribution in [0.15, 0.2) is 49.6 Å². The molecule has 20 heavy (non-hydrogen) atoms. The van der Waals surface area contributed by atoms with Gasteiger partial charge in [-0.2, -0.15) is 0 Å². The molecule has 1 heterocycles. The SMILES string of the molecule is CCNC(CSc1ccc(Br)cc1)Cc1sccc1Br. The van der Waals surface area contributed by atoms with Gasteiger partial charge in [0.1, 0.15) is 0 Å². The number of thiophene rings is 1. The number of hydrogen-bond donors (Lipinski definition) is 1. The molecule has 0 amide bonds. The highest BCUT2D eigenvalue weighted by molar-refractivity contribution is 9.10. The van der Waals surface area contributed by atoms with Crippen molar-refractivity contribution in [3.8, 4) is 0 Å². The highest BCUT2D eigenvalue weighted by Gasteiger charge is 2.12. The molecule has 0 spiro atoms. The van der Waals surface area contributed by atoms with E-state index in [1.165, 1.54) is 14.2 Å². The van der Waals surface area contributed by atoms with Crippen molar-refractivity contribution in [2.75, 3.05) is 12.3 Å². The zero-order valence-corrected chi connectivity index (χ0v) is 16.0. The van der Waals surface area contributed by atoms with Crippen LogP contribution in [0, 0.1) is 0 Å². The van der Waals surface area contributed by atoms with Crippen LogP contribution in [-0.2, 0) is 6.42 Å². The van der Waals surface area contributed by atoms with Gasteiger partial charge in [0.15, 0.2) is 0 Å². The number of benzene rings is 1. The molecular weight excluding hydrogens is 418 g/mol. The lowest BCUT2D eigenvalue weighted by Crippen LogP contribution is -2.33. The Morgan fingerprint density at radius 1 is 1.20 bits per heavy atom. The Labute approximate surface area is 145 Å². The fourth-order valence-electron chi connectivity index (χ4n) is 1.90. The van der Waals surface area contributed by atoms with Crippen molar-refractivity contribution in [3.63, 3.8) is 0 Å². The molecule has 0 aliphatic carbocycles. The second-order valence-corrected chi connectivity index (χ2v) is 8.28. The second-order valence-electron chi connectivity index (χ2n) is 4.42. The summed E-state index contributed by atoms with van der Waals surface area (Å²) in [6.07, 6.45) is 1.08. The molecule has 0 radical (unpaired) electrons. The number of nitrogens with one attached hydrogen (secondary N) is 1. The molecule has 2 rings (SSSR count). The molecule has 2 aromatic rings. The molecule has 0 bridgehead atoms. The van der Waals surface area contributed by atoms with E-state index >= 15 is 0 Å². The van der Waals surface area contributed by atoms with E-state index in [9.17, 15) is 0 Å². The number of rotatable bonds is 7. The third-order valence-corrected chi connectivity index (χ3v) is 6.53. The predicted octanol–water partition coefficient (Wildman–Crippen LogP) is 5.59. The summed E-state index contributed by atoms with van der Waals surface area (Å²) >= 11 is 10.8. The molecule has 1 aromatic heterocycles. The van der Waals surface area contributed by atoms with Gasteiger partial charge in [-0.25, -0.2) is 0 Å². The van der Waals surface area contributed by atoms with Crippen molar-refractivity contribution in [3.05, 3.63) is 49.5 Å². The summed E-state index contributed by atoms with van der Waals surface area (Å²) < 4.78 is 2.37. The number of thioether (sulfide) groups is 1. The van der Waals surface area contributed by atoms with Crippen LogP contribution in [0.2, 0.25) is 0 Å². The van der Waals surface area contributed by atoms with E-state index in [2.05, 4.69) is 79.8 Å². The lowest BCUT2D eigenvalue weighted by Gasteiger charge is -2.17. The third-order valence-electron chi connectivity index (χ3n) is 2.88. The van der Waals surface area contributed by atoms with E-state index in [1.54, 1.807) is 0 Å². The van der Waals surface area contributed by atoms with E-state index in [1.807, 2.05) is 23.1 Å². The lowest BCUT2D eigenvalue weighted by atomic mass is 10.2. The summed E-state index contributed by atoms with van der Waals surface area (Å²) in [5.74, 6) is 1.08. The second kappa shape index (κ2) is 8.59. The van der Waals surface area contributed by atoms with Crippen molar-refractivity contribution >= 4 is 55.0 Å². The first kappa shape index (κ1) is 16.6. The van der Waals surface area contributed by atoms with E-state index in [-0.39, 0.29) is 0 Å². The molecule has 0 fully saturated rings. The van der Waals surface area contributed by atoms with Crippen LogP contribution in [0.3, 0.4) is 0 Å². The number of halogens is 2. The van der Waals surface area contributed by atoms with Gasteiger partial charge in [0.05, 0.1) is 0 Å². The highest BCUT2D eigenvalue weighted by atomic mass is 79.9. The zero-order chi connectivity index (χ0) is 14.4. The van der Waals surface area contributed by atoms with Gasteiger partial charge in [-0.05, 0) is 64.6 Å².